The first-order valence-electron chi connectivity index (χ1n) is 12.8. The zero-order valence-corrected chi connectivity index (χ0v) is 22.5. The number of nitrogens with one attached hydrogen (secondary N) is 1. The Hall–Kier alpha value is -4.14. The van der Waals surface area contributed by atoms with Gasteiger partial charge in [0.2, 0.25) is 5.88 Å². The molecule has 6 rings (SSSR count). The van der Waals surface area contributed by atoms with Gasteiger partial charge in [0.15, 0.2) is 0 Å². The molecular formula is C30H28ClN5O3. The summed E-state index contributed by atoms with van der Waals surface area (Å²) in [7, 11) is 3.27. The summed E-state index contributed by atoms with van der Waals surface area (Å²) >= 11 is 6.25. The Morgan fingerprint density at radius 3 is 2.56 bits per heavy atom. The molecule has 3 aromatic rings. The maximum Gasteiger partial charge on any atom is 0.237 e. The van der Waals surface area contributed by atoms with E-state index in [1.165, 1.54) is 0 Å². The molecule has 1 fully saturated rings. The van der Waals surface area contributed by atoms with Crippen molar-refractivity contribution < 1.29 is 14.2 Å². The van der Waals surface area contributed by atoms with Crippen LogP contribution in [0.2, 0.25) is 5.02 Å². The van der Waals surface area contributed by atoms with Gasteiger partial charge in [0.1, 0.15) is 11.4 Å². The summed E-state index contributed by atoms with van der Waals surface area (Å²) in [6.45, 7) is 1.41. The van der Waals surface area contributed by atoms with E-state index in [0.29, 0.717) is 24.1 Å². The molecule has 0 saturated carbocycles. The SMILES string of the molecule is COc1ccc2nc3cc(Nc4cccnc4OC)/c(=N/C4CCOCC4)cc-3n(-c3ccc(Cl)cc3)c2c1. The zero-order chi connectivity index (χ0) is 26.8. The molecule has 2 aliphatic heterocycles. The topological polar surface area (TPSA) is 82.8 Å². The van der Waals surface area contributed by atoms with Crippen molar-refractivity contribution in [2.75, 3.05) is 32.8 Å². The van der Waals surface area contributed by atoms with E-state index in [1.54, 1.807) is 20.4 Å². The third-order valence-electron chi connectivity index (χ3n) is 6.83. The van der Waals surface area contributed by atoms with E-state index in [0.717, 1.165) is 63.4 Å². The lowest BCUT2D eigenvalue weighted by atomic mass is 10.1. The lowest BCUT2D eigenvalue weighted by Gasteiger charge is -2.22. The van der Waals surface area contributed by atoms with Crippen LogP contribution in [0.4, 0.5) is 11.4 Å². The molecule has 1 saturated heterocycles. The number of hydrogen-bond acceptors (Lipinski definition) is 7. The van der Waals surface area contributed by atoms with E-state index < -0.39 is 0 Å². The van der Waals surface area contributed by atoms with Gasteiger partial charge < -0.3 is 24.1 Å². The zero-order valence-electron chi connectivity index (χ0n) is 21.7. The summed E-state index contributed by atoms with van der Waals surface area (Å²) in [5.74, 6) is 1.25. The first-order chi connectivity index (χ1) is 19.1. The van der Waals surface area contributed by atoms with Crippen LogP contribution in [0.15, 0.2) is 77.9 Å². The second-order valence-electron chi connectivity index (χ2n) is 9.29. The van der Waals surface area contributed by atoms with E-state index >= 15 is 0 Å². The molecule has 0 radical (unpaired) electrons. The number of ether oxygens (including phenoxy) is 3. The largest absolute Gasteiger partial charge is 0.497 e. The Labute approximate surface area is 231 Å². The molecule has 0 spiro atoms. The van der Waals surface area contributed by atoms with Gasteiger partial charge >= 0.3 is 0 Å². The highest BCUT2D eigenvalue weighted by molar-refractivity contribution is 6.30. The summed E-state index contributed by atoms with van der Waals surface area (Å²) in [5, 5.41) is 5.01. The number of methoxy groups -OCH3 is 2. The predicted molar refractivity (Wildman–Crippen MR) is 153 cm³/mol. The second kappa shape index (κ2) is 10.9. The first-order valence-corrected chi connectivity index (χ1v) is 13.2. The van der Waals surface area contributed by atoms with Crippen molar-refractivity contribution in [1.82, 2.24) is 14.5 Å². The van der Waals surface area contributed by atoms with Crippen molar-refractivity contribution in [1.29, 1.82) is 0 Å². The smallest absolute Gasteiger partial charge is 0.237 e. The van der Waals surface area contributed by atoms with Crippen molar-refractivity contribution in [2.24, 2.45) is 4.99 Å². The van der Waals surface area contributed by atoms with E-state index in [9.17, 15) is 0 Å². The van der Waals surface area contributed by atoms with E-state index in [4.69, 9.17) is 35.8 Å². The fourth-order valence-electron chi connectivity index (χ4n) is 4.88. The predicted octanol–water partition coefficient (Wildman–Crippen LogP) is 6.02. The van der Waals surface area contributed by atoms with Gasteiger partial charge in [-0.15, -0.1) is 0 Å². The summed E-state index contributed by atoms with van der Waals surface area (Å²) in [4.78, 5) is 14.6. The number of aromatic nitrogens is 3. The second-order valence-corrected chi connectivity index (χ2v) is 9.73. The molecule has 3 aliphatic rings. The van der Waals surface area contributed by atoms with E-state index in [-0.39, 0.29) is 6.04 Å². The van der Waals surface area contributed by atoms with Gasteiger partial charge in [-0.05, 0) is 73.5 Å². The minimum absolute atomic E-state index is 0.157. The number of rotatable bonds is 6. The Kier molecular flexibility index (Phi) is 7.04. The molecule has 9 heteroatoms. The minimum atomic E-state index is 0.157. The molecule has 1 aliphatic carbocycles. The number of halogens is 1. The Morgan fingerprint density at radius 2 is 1.79 bits per heavy atom. The Morgan fingerprint density at radius 1 is 0.974 bits per heavy atom. The number of fused-ring (bicyclic) bond motifs is 2. The fourth-order valence-corrected chi connectivity index (χ4v) is 5.00. The van der Waals surface area contributed by atoms with Crippen LogP contribution in [0.1, 0.15) is 12.8 Å². The van der Waals surface area contributed by atoms with Crippen molar-refractivity contribution in [3.8, 4) is 28.7 Å². The monoisotopic (exact) mass is 541 g/mol. The Balaban J connectivity index is 1.64. The molecular weight excluding hydrogens is 514 g/mol. The van der Waals surface area contributed by atoms with Gasteiger partial charge in [-0.2, -0.15) is 0 Å². The molecule has 0 amide bonds. The summed E-state index contributed by atoms with van der Waals surface area (Å²) in [5.41, 5.74) is 5.98. The van der Waals surface area contributed by atoms with E-state index in [1.807, 2.05) is 60.7 Å². The molecule has 0 bridgehead atoms. The molecule has 198 valence electrons. The molecule has 1 aromatic heterocycles. The van der Waals surface area contributed by atoms with Crippen LogP contribution < -0.4 is 20.1 Å². The van der Waals surface area contributed by atoms with Gasteiger partial charge in [0.05, 0.1) is 53.7 Å². The van der Waals surface area contributed by atoms with Gasteiger partial charge in [-0.3, -0.25) is 4.99 Å². The highest BCUT2D eigenvalue weighted by atomic mass is 35.5. The standard InChI is InChI=1S/C30H28ClN5O3/c1-37-22-9-10-23-28(16-22)36(21-7-5-19(31)6-8-21)29-18-26(33-20-11-14-39-15-12-20)25(17-27(29)34-23)35-24-4-3-13-32-30(24)38-2/h3-10,13,16-18,20,35H,11-12,14-15H2,1-2H3/b33-26+. The molecule has 2 aromatic carbocycles. The maximum atomic E-state index is 6.25. The van der Waals surface area contributed by atoms with Crippen LogP contribution in [-0.4, -0.2) is 48.0 Å². The molecule has 0 atom stereocenters. The number of benzene rings is 3. The third kappa shape index (κ3) is 5.13. The fraction of sp³-hybridized carbons (Fsp3) is 0.233. The van der Waals surface area contributed by atoms with Gasteiger partial charge in [0, 0.05) is 36.2 Å². The lowest BCUT2D eigenvalue weighted by molar-refractivity contribution is 0.0864. The van der Waals surface area contributed by atoms with Crippen LogP contribution in [0.25, 0.3) is 28.1 Å². The normalized spacial score (nSPS) is 14.6. The summed E-state index contributed by atoms with van der Waals surface area (Å²) in [6, 6.07) is 21.8. The lowest BCUT2D eigenvalue weighted by Crippen LogP contribution is -2.23. The molecule has 3 heterocycles. The maximum absolute atomic E-state index is 6.25. The molecule has 1 N–H and O–H groups in total. The van der Waals surface area contributed by atoms with Gasteiger partial charge in [0.25, 0.3) is 0 Å². The minimum Gasteiger partial charge on any atom is -0.497 e. The highest BCUT2D eigenvalue weighted by Crippen LogP contribution is 2.33. The van der Waals surface area contributed by atoms with Gasteiger partial charge in [-0.25, -0.2) is 9.97 Å². The van der Waals surface area contributed by atoms with Crippen molar-refractivity contribution >= 4 is 34.0 Å². The van der Waals surface area contributed by atoms with Crippen LogP contribution in [0, 0.1) is 0 Å². The van der Waals surface area contributed by atoms with Crippen molar-refractivity contribution in [2.45, 2.75) is 18.9 Å². The molecule has 0 unspecified atom stereocenters. The average Bonchev–Trinajstić information content (AvgIpc) is 2.97. The highest BCUT2D eigenvalue weighted by Gasteiger charge is 2.19. The number of pyridine rings is 1. The first kappa shape index (κ1) is 25.2. The van der Waals surface area contributed by atoms with Crippen LogP contribution >= 0.6 is 11.6 Å². The molecule has 8 nitrogen and oxygen atoms in total. The Bertz CT molecular complexity index is 1660. The van der Waals surface area contributed by atoms with Crippen molar-refractivity contribution in [3.05, 3.63) is 83.3 Å². The van der Waals surface area contributed by atoms with Crippen LogP contribution in [0.5, 0.6) is 11.6 Å². The quantitative estimate of drug-likeness (QED) is 0.265. The van der Waals surface area contributed by atoms with E-state index in [2.05, 4.69) is 20.9 Å². The summed E-state index contributed by atoms with van der Waals surface area (Å²) < 4.78 is 18.8. The van der Waals surface area contributed by atoms with Crippen LogP contribution in [-0.2, 0) is 4.74 Å². The number of nitrogens with zero attached hydrogens (tertiary/aromatic N) is 4. The average molecular weight is 542 g/mol. The molecule has 39 heavy (non-hydrogen) atoms. The third-order valence-corrected chi connectivity index (χ3v) is 7.08. The van der Waals surface area contributed by atoms with Gasteiger partial charge in [-0.1, -0.05) is 11.6 Å². The summed E-state index contributed by atoms with van der Waals surface area (Å²) in [6.07, 6.45) is 3.45. The number of anilines is 2. The van der Waals surface area contributed by atoms with Crippen LogP contribution in [0.3, 0.4) is 0 Å². The number of hydrogen-bond donors (Lipinski definition) is 1. The van der Waals surface area contributed by atoms with Crippen molar-refractivity contribution in [3.63, 3.8) is 0 Å².